The molecule has 0 saturated heterocycles. The normalized spacial score (nSPS) is 11.8. The molecule has 1 rings (SSSR count). The summed E-state index contributed by atoms with van der Waals surface area (Å²) in [6.07, 6.45) is 0.726. The molecule has 1 atom stereocenters. The smallest absolute Gasteiger partial charge is 0.339 e. The van der Waals surface area contributed by atoms with E-state index < -0.39 is 12.1 Å². The largest absolute Gasteiger partial charge is 0.467 e. The summed E-state index contributed by atoms with van der Waals surface area (Å²) in [5, 5.41) is 0. The van der Waals surface area contributed by atoms with Crippen molar-refractivity contribution >= 4 is 5.97 Å². The Morgan fingerprint density at radius 2 is 2.13 bits per heavy atom. The molecule has 0 radical (unpaired) electrons. The second kappa shape index (κ2) is 5.98. The van der Waals surface area contributed by atoms with Crippen LogP contribution in [-0.2, 0) is 20.9 Å². The summed E-state index contributed by atoms with van der Waals surface area (Å²) in [6, 6.07) is 9.61. The first kappa shape index (κ1) is 11.5. The van der Waals surface area contributed by atoms with Gasteiger partial charge in [-0.25, -0.2) is 4.79 Å². The van der Waals surface area contributed by atoms with Crippen LogP contribution >= 0.6 is 0 Å². The third kappa shape index (κ3) is 3.56. The molecule has 0 saturated carbocycles. The van der Waals surface area contributed by atoms with Crippen LogP contribution in [0, 0.1) is 0 Å². The number of carbonyl (C=O) groups is 1. The van der Waals surface area contributed by atoms with E-state index in [4.69, 9.17) is 4.74 Å². The Bertz CT molecular complexity index is 319. The Hall–Kier alpha value is -1.61. The number of hydrogen-bond acceptors (Lipinski definition) is 3. The van der Waals surface area contributed by atoms with E-state index in [2.05, 4.69) is 11.3 Å². The van der Waals surface area contributed by atoms with E-state index in [0.717, 1.165) is 5.56 Å². The quantitative estimate of drug-likeness (QED) is 0.545. The molecule has 0 aliphatic rings. The summed E-state index contributed by atoms with van der Waals surface area (Å²) in [7, 11) is 1.32. The Kier molecular flexibility index (Phi) is 4.57. The average molecular weight is 206 g/mol. The van der Waals surface area contributed by atoms with Crippen molar-refractivity contribution in [3.63, 3.8) is 0 Å². The molecule has 0 N–H and O–H groups in total. The van der Waals surface area contributed by atoms with Crippen LogP contribution in [0.1, 0.15) is 5.56 Å². The number of methoxy groups -OCH3 is 1. The van der Waals surface area contributed by atoms with E-state index in [1.807, 2.05) is 30.3 Å². The SMILES string of the molecule is C=CC(OCc1ccccc1)C(=O)OC. The molecule has 80 valence electrons. The predicted octanol–water partition coefficient (Wildman–Crippen LogP) is 1.93. The molecule has 0 spiro atoms. The number of carbonyl (C=O) groups excluding carboxylic acids is 1. The van der Waals surface area contributed by atoms with Gasteiger partial charge in [0.1, 0.15) is 0 Å². The second-order valence-corrected chi connectivity index (χ2v) is 2.98. The third-order valence-corrected chi connectivity index (χ3v) is 1.92. The highest BCUT2D eigenvalue weighted by atomic mass is 16.6. The molecule has 1 aromatic carbocycles. The van der Waals surface area contributed by atoms with Gasteiger partial charge in [0.05, 0.1) is 13.7 Å². The van der Waals surface area contributed by atoms with Crippen LogP contribution < -0.4 is 0 Å². The summed E-state index contributed by atoms with van der Waals surface area (Å²) >= 11 is 0. The first-order chi connectivity index (χ1) is 7.27. The molecule has 0 heterocycles. The molecular formula is C12H14O3. The van der Waals surface area contributed by atoms with E-state index in [1.165, 1.54) is 13.2 Å². The van der Waals surface area contributed by atoms with Gasteiger partial charge in [0.15, 0.2) is 6.10 Å². The zero-order valence-corrected chi connectivity index (χ0v) is 8.68. The van der Waals surface area contributed by atoms with E-state index in [1.54, 1.807) is 0 Å². The zero-order chi connectivity index (χ0) is 11.1. The van der Waals surface area contributed by atoms with Crippen LogP contribution in [0.5, 0.6) is 0 Å². The molecule has 0 bridgehead atoms. The molecule has 0 fully saturated rings. The van der Waals surface area contributed by atoms with Crippen molar-refractivity contribution in [1.82, 2.24) is 0 Å². The van der Waals surface area contributed by atoms with Crippen molar-refractivity contribution in [3.05, 3.63) is 48.6 Å². The Morgan fingerprint density at radius 1 is 1.47 bits per heavy atom. The van der Waals surface area contributed by atoms with Crippen molar-refractivity contribution in [2.75, 3.05) is 7.11 Å². The minimum atomic E-state index is -0.699. The minimum Gasteiger partial charge on any atom is -0.467 e. The van der Waals surface area contributed by atoms with Crippen LogP contribution in [0.2, 0.25) is 0 Å². The van der Waals surface area contributed by atoms with Gasteiger partial charge in [-0.15, -0.1) is 0 Å². The van der Waals surface area contributed by atoms with Crippen molar-refractivity contribution in [3.8, 4) is 0 Å². The monoisotopic (exact) mass is 206 g/mol. The molecule has 0 aromatic heterocycles. The maximum Gasteiger partial charge on any atom is 0.339 e. The van der Waals surface area contributed by atoms with Gasteiger partial charge in [0.25, 0.3) is 0 Å². The van der Waals surface area contributed by atoms with Crippen LogP contribution in [0.4, 0.5) is 0 Å². The van der Waals surface area contributed by atoms with Crippen molar-refractivity contribution in [2.24, 2.45) is 0 Å². The van der Waals surface area contributed by atoms with Crippen LogP contribution in [-0.4, -0.2) is 19.2 Å². The third-order valence-electron chi connectivity index (χ3n) is 1.92. The highest BCUT2D eigenvalue weighted by Crippen LogP contribution is 2.05. The highest BCUT2D eigenvalue weighted by Gasteiger charge is 2.15. The standard InChI is InChI=1S/C12H14O3/c1-3-11(12(13)14-2)15-9-10-7-5-4-6-8-10/h3-8,11H,1,9H2,2H3. The maximum absolute atomic E-state index is 11.1. The first-order valence-electron chi connectivity index (χ1n) is 4.64. The number of hydrogen-bond donors (Lipinski definition) is 0. The molecule has 1 aromatic rings. The lowest BCUT2D eigenvalue weighted by Gasteiger charge is -2.11. The molecule has 3 heteroatoms. The first-order valence-corrected chi connectivity index (χ1v) is 4.64. The maximum atomic E-state index is 11.1. The van der Waals surface area contributed by atoms with E-state index in [0.29, 0.717) is 6.61 Å². The summed E-state index contributed by atoms with van der Waals surface area (Å²) in [4.78, 5) is 11.1. The zero-order valence-electron chi connectivity index (χ0n) is 8.68. The highest BCUT2D eigenvalue weighted by molar-refractivity contribution is 5.76. The van der Waals surface area contributed by atoms with Gasteiger partial charge in [-0.3, -0.25) is 0 Å². The second-order valence-electron chi connectivity index (χ2n) is 2.98. The van der Waals surface area contributed by atoms with Crippen LogP contribution in [0.15, 0.2) is 43.0 Å². The lowest BCUT2D eigenvalue weighted by atomic mass is 10.2. The Labute approximate surface area is 89.3 Å². The average Bonchev–Trinajstić information content (AvgIpc) is 2.31. The molecular weight excluding hydrogens is 192 g/mol. The van der Waals surface area contributed by atoms with Gasteiger partial charge < -0.3 is 9.47 Å². The number of ether oxygens (including phenoxy) is 2. The van der Waals surface area contributed by atoms with Gasteiger partial charge in [-0.05, 0) is 5.56 Å². The Balaban J connectivity index is 2.48. The van der Waals surface area contributed by atoms with Gasteiger partial charge in [-0.2, -0.15) is 0 Å². The van der Waals surface area contributed by atoms with E-state index in [9.17, 15) is 4.79 Å². The van der Waals surface area contributed by atoms with Crippen molar-refractivity contribution < 1.29 is 14.3 Å². The summed E-state index contributed by atoms with van der Waals surface area (Å²) in [5.41, 5.74) is 1.01. The summed E-state index contributed by atoms with van der Waals surface area (Å²) in [6.45, 7) is 3.88. The fourth-order valence-electron chi connectivity index (χ4n) is 1.11. The summed E-state index contributed by atoms with van der Waals surface area (Å²) < 4.78 is 9.89. The summed E-state index contributed by atoms with van der Waals surface area (Å²) in [5.74, 6) is -0.430. The minimum absolute atomic E-state index is 0.368. The fourth-order valence-corrected chi connectivity index (χ4v) is 1.11. The van der Waals surface area contributed by atoms with Crippen LogP contribution in [0.25, 0.3) is 0 Å². The van der Waals surface area contributed by atoms with Gasteiger partial charge in [0, 0.05) is 0 Å². The molecule has 0 amide bonds. The van der Waals surface area contributed by atoms with Gasteiger partial charge in [-0.1, -0.05) is 43.0 Å². The number of benzene rings is 1. The topological polar surface area (TPSA) is 35.5 Å². The molecule has 15 heavy (non-hydrogen) atoms. The van der Waals surface area contributed by atoms with Gasteiger partial charge >= 0.3 is 5.97 Å². The number of rotatable bonds is 5. The van der Waals surface area contributed by atoms with E-state index >= 15 is 0 Å². The van der Waals surface area contributed by atoms with Gasteiger partial charge in [0.2, 0.25) is 0 Å². The fraction of sp³-hybridized carbons (Fsp3) is 0.250. The molecule has 3 nitrogen and oxygen atoms in total. The lowest BCUT2D eigenvalue weighted by Crippen LogP contribution is -2.22. The van der Waals surface area contributed by atoms with Crippen LogP contribution in [0.3, 0.4) is 0 Å². The van der Waals surface area contributed by atoms with Crippen molar-refractivity contribution in [2.45, 2.75) is 12.7 Å². The van der Waals surface area contributed by atoms with Crippen molar-refractivity contribution in [1.29, 1.82) is 0 Å². The molecule has 1 unspecified atom stereocenters. The van der Waals surface area contributed by atoms with E-state index in [-0.39, 0.29) is 0 Å². The number of esters is 1. The lowest BCUT2D eigenvalue weighted by molar-refractivity contribution is -0.151. The Morgan fingerprint density at radius 3 is 2.67 bits per heavy atom. The molecule has 0 aliphatic heterocycles. The molecule has 0 aliphatic carbocycles. The predicted molar refractivity (Wildman–Crippen MR) is 57.2 cm³/mol.